The molecule has 0 saturated heterocycles. The summed E-state index contributed by atoms with van der Waals surface area (Å²) in [6.07, 6.45) is 5.33. The molecule has 0 bridgehead atoms. The molecule has 4 aromatic heterocycles. The van der Waals surface area contributed by atoms with E-state index < -0.39 is 12.6 Å². The Hall–Kier alpha value is -3.59. The predicted octanol–water partition coefficient (Wildman–Crippen LogP) is 1.33. The van der Waals surface area contributed by atoms with E-state index in [9.17, 15) is 14.0 Å². The van der Waals surface area contributed by atoms with Gasteiger partial charge in [-0.15, -0.1) is 0 Å². The Morgan fingerprint density at radius 1 is 1.07 bits per heavy atom. The van der Waals surface area contributed by atoms with E-state index >= 15 is 0 Å². The van der Waals surface area contributed by atoms with Gasteiger partial charge in [-0.25, -0.2) is 14.4 Å². The minimum absolute atomic E-state index is 0.0613. The number of hydrogen-bond donors (Lipinski definition) is 2. The molecule has 0 aliphatic rings. The molecule has 8 nitrogen and oxygen atoms in total. The van der Waals surface area contributed by atoms with E-state index in [1.807, 2.05) is 28.9 Å². The number of fused-ring (bicyclic) bond motifs is 2. The summed E-state index contributed by atoms with van der Waals surface area (Å²) in [5.74, 6) is -0.443. The average molecular weight is 394 g/mol. The van der Waals surface area contributed by atoms with Crippen LogP contribution < -0.4 is 16.2 Å². The number of aromatic nitrogens is 4. The third kappa shape index (κ3) is 4.14. The van der Waals surface area contributed by atoms with E-state index in [4.69, 9.17) is 0 Å². The van der Waals surface area contributed by atoms with E-state index in [1.54, 1.807) is 24.4 Å². The molecule has 9 heteroatoms. The van der Waals surface area contributed by atoms with Gasteiger partial charge < -0.3 is 15.0 Å². The number of nitrogens with zero attached hydrogens (tertiary/aromatic N) is 4. The van der Waals surface area contributed by atoms with Crippen LogP contribution in [0, 0.1) is 0 Å². The van der Waals surface area contributed by atoms with Gasteiger partial charge in [-0.1, -0.05) is 12.1 Å². The van der Waals surface area contributed by atoms with E-state index in [0.717, 1.165) is 11.2 Å². The molecule has 4 aromatic rings. The number of imidazole rings is 1. The maximum atomic E-state index is 12.4. The molecular formula is C20H19FN6O2. The van der Waals surface area contributed by atoms with Gasteiger partial charge in [0, 0.05) is 37.7 Å². The van der Waals surface area contributed by atoms with E-state index in [-0.39, 0.29) is 17.8 Å². The van der Waals surface area contributed by atoms with Crippen LogP contribution in [0.2, 0.25) is 0 Å². The van der Waals surface area contributed by atoms with E-state index in [0.29, 0.717) is 24.4 Å². The number of nitrogens with one attached hydrogen (secondary N) is 2. The fourth-order valence-electron chi connectivity index (χ4n) is 3.01. The number of hydrogen-bond acceptors (Lipinski definition) is 5. The average Bonchev–Trinajstić information content (AvgIpc) is 3.14. The zero-order valence-electron chi connectivity index (χ0n) is 15.5. The lowest BCUT2D eigenvalue weighted by molar-refractivity contribution is 0.0945. The molecule has 4 rings (SSSR count). The van der Waals surface area contributed by atoms with Crippen LogP contribution in [-0.2, 0) is 13.1 Å². The van der Waals surface area contributed by atoms with Crippen molar-refractivity contribution in [3.8, 4) is 0 Å². The van der Waals surface area contributed by atoms with Crippen molar-refractivity contribution >= 4 is 17.2 Å². The molecule has 2 N–H and O–H groups in total. The standard InChI is InChI=1S/C20H19FN6O2/c21-6-7-22-10-14-4-5-17-24-15(13-26(17)12-14)11-23-20(29)16-9-19(28)27-8-2-1-3-18(27)25-16/h1-5,8-9,12-13,22H,6-7,10-11H2,(H,23,29). The number of pyridine rings is 2. The Morgan fingerprint density at radius 3 is 2.83 bits per heavy atom. The molecule has 0 aromatic carbocycles. The Bertz CT molecular complexity index is 1230. The first-order valence-corrected chi connectivity index (χ1v) is 9.14. The van der Waals surface area contributed by atoms with Gasteiger partial charge in [0.2, 0.25) is 0 Å². The maximum absolute atomic E-state index is 12.4. The number of halogens is 1. The van der Waals surface area contributed by atoms with Gasteiger partial charge in [0.1, 0.15) is 23.7 Å². The van der Waals surface area contributed by atoms with Crippen molar-refractivity contribution in [2.24, 2.45) is 0 Å². The van der Waals surface area contributed by atoms with Gasteiger partial charge >= 0.3 is 0 Å². The molecule has 29 heavy (non-hydrogen) atoms. The second kappa shape index (κ2) is 8.19. The fourth-order valence-corrected chi connectivity index (χ4v) is 3.01. The molecule has 1 amide bonds. The second-order valence-electron chi connectivity index (χ2n) is 6.49. The zero-order valence-corrected chi connectivity index (χ0v) is 15.5. The monoisotopic (exact) mass is 394 g/mol. The first-order valence-electron chi connectivity index (χ1n) is 9.14. The molecule has 0 saturated carbocycles. The Kier molecular flexibility index (Phi) is 5.30. The van der Waals surface area contributed by atoms with Crippen LogP contribution in [-0.4, -0.2) is 37.9 Å². The summed E-state index contributed by atoms with van der Waals surface area (Å²) in [6, 6.07) is 10.1. The molecule has 0 unspecified atom stereocenters. The molecular weight excluding hydrogens is 375 g/mol. The lowest BCUT2D eigenvalue weighted by atomic mass is 10.3. The SMILES string of the molecule is O=C(NCc1cn2cc(CNCCF)ccc2n1)c1cc(=O)n2ccccc2n1. The number of rotatable bonds is 7. The van der Waals surface area contributed by atoms with Gasteiger partial charge in [0.05, 0.1) is 12.2 Å². The molecule has 0 fully saturated rings. The summed E-state index contributed by atoms with van der Waals surface area (Å²) in [5, 5.41) is 5.74. The van der Waals surface area contributed by atoms with Crippen molar-refractivity contribution in [3.05, 3.63) is 82.3 Å². The normalized spacial score (nSPS) is 11.2. The molecule has 0 atom stereocenters. The minimum atomic E-state index is -0.443. The van der Waals surface area contributed by atoms with Gasteiger partial charge in [-0.05, 0) is 23.8 Å². The summed E-state index contributed by atoms with van der Waals surface area (Å²) in [7, 11) is 0. The van der Waals surface area contributed by atoms with Crippen LogP contribution in [0.5, 0.6) is 0 Å². The smallest absolute Gasteiger partial charge is 0.270 e. The van der Waals surface area contributed by atoms with Gasteiger partial charge in [0.25, 0.3) is 11.5 Å². The maximum Gasteiger partial charge on any atom is 0.270 e. The molecule has 0 spiro atoms. The predicted molar refractivity (Wildman–Crippen MR) is 106 cm³/mol. The fraction of sp³-hybridized carbons (Fsp3) is 0.200. The number of carbonyl (C=O) groups excluding carboxylic acids is 1. The minimum Gasteiger partial charge on any atom is -0.345 e. The first-order chi connectivity index (χ1) is 14.1. The third-order valence-corrected chi connectivity index (χ3v) is 4.40. The van der Waals surface area contributed by atoms with E-state index in [2.05, 4.69) is 20.6 Å². The summed E-state index contributed by atoms with van der Waals surface area (Å²) in [6.45, 7) is 0.667. The zero-order chi connectivity index (χ0) is 20.2. The van der Waals surface area contributed by atoms with Crippen LogP contribution in [0.1, 0.15) is 21.7 Å². The highest BCUT2D eigenvalue weighted by atomic mass is 19.1. The van der Waals surface area contributed by atoms with Crippen molar-refractivity contribution < 1.29 is 9.18 Å². The lowest BCUT2D eigenvalue weighted by Crippen LogP contribution is -2.27. The van der Waals surface area contributed by atoms with Crippen LogP contribution in [0.15, 0.2) is 59.8 Å². The van der Waals surface area contributed by atoms with Crippen molar-refractivity contribution in [1.29, 1.82) is 0 Å². The summed E-state index contributed by atoms with van der Waals surface area (Å²) >= 11 is 0. The van der Waals surface area contributed by atoms with Crippen LogP contribution in [0.25, 0.3) is 11.3 Å². The highest BCUT2D eigenvalue weighted by molar-refractivity contribution is 5.92. The molecule has 0 aliphatic carbocycles. The lowest BCUT2D eigenvalue weighted by Gasteiger charge is -2.04. The largest absolute Gasteiger partial charge is 0.345 e. The van der Waals surface area contributed by atoms with Crippen molar-refractivity contribution in [2.45, 2.75) is 13.1 Å². The summed E-state index contributed by atoms with van der Waals surface area (Å²) in [4.78, 5) is 33.3. The Labute approximate surface area is 165 Å². The third-order valence-electron chi connectivity index (χ3n) is 4.40. The van der Waals surface area contributed by atoms with Crippen molar-refractivity contribution in [3.63, 3.8) is 0 Å². The Balaban J connectivity index is 1.46. The van der Waals surface area contributed by atoms with Crippen LogP contribution in [0.4, 0.5) is 4.39 Å². The number of carbonyl (C=O) groups is 1. The molecule has 4 heterocycles. The molecule has 0 radical (unpaired) electrons. The quantitative estimate of drug-likeness (QED) is 0.462. The summed E-state index contributed by atoms with van der Waals surface area (Å²) < 4.78 is 15.4. The second-order valence-corrected chi connectivity index (χ2v) is 6.49. The van der Waals surface area contributed by atoms with Gasteiger partial charge in [-0.2, -0.15) is 0 Å². The number of amides is 1. The first kappa shape index (κ1) is 18.8. The van der Waals surface area contributed by atoms with Crippen LogP contribution >= 0.6 is 0 Å². The topological polar surface area (TPSA) is 92.8 Å². The summed E-state index contributed by atoms with van der Waals surface area (Å²) in [5.41, 5.74) is 2.57. The van der Waals surface area contributed by atoms with E-state index in [1.165, 1.54) is 10.5 Å². The molecule has 0 aliphatic heterocycles. The highest BCUT2D eigenvalue weighted by Gasteiger charge is 2.11. The molecule has 148 valence electrons. The number of alkyl halides is 1. The van der Waals surface area contributed by atoms with Crippen LogP contribution in [0.3, 0.4) is 0 Å². The van der Waals surface area contributed by atoms with Crippen molar-refractivity contribution in [1.82, 2.24) is 29.4 Å². The highest BCUT2D eigenvalue weighted by Crippen LogP contribution is 2.08. The van der Waals surface area contributed by atoms with Crippen molar-refractivity contribution in [2.75, 3.05) is 13.2 Å². The van der Waals surface area contributed by atoms with Gasteiger partial charge in [-0.3, -0.25) is 14.0 Å². The Morgan fingerprint density at radius 2 is 1.97 bits per heavy atom. The van der Waals surface area contributed by atoms with Gasteiger partial charge in [0.15, 0.2) is 0 Å².